The Morgan fingerprint density at radius 2 is 1.00 bits per heavy atom. The van der Waals surface area contributed by atoms with E-state index in [-0.39, 0.29) is 69.8 Å². The van der Waals surface area contributed by atoms with Crippen LogP contribution >= 0.6 is 0 Å². The Kier molecular flexibility index (Phi) is 14.4. The van der Waals surface area contributed by atoms with Crippen LogP contribution in [0.2, 0.25) is 0 Å². The lowest BCUT2D eigenvalue weighted by Gasteiger charge is -2.31. The van der Waals surface area contributed by atoms with E-state index in [9.17, 15) is 19.2 Å². The van der Waals surface area contributed by atoms with Gasteiger partial charge in [0.2, 0.25) is 0 Å². The number of amides is 2. The Morgan fingerprint density at radius 1 is 0.531 bits per heavy atom. The number of ether oxygens (including phenoxy) is 7. The molecule has 13 nitrogen and oxygen atoms in total. The third kappa shape index (κ3) is 11.0. The van der Waals surface area contributed by atoms with E-state index in [0.29, 0.717) is 11.5 Å². The van der Waals surface area contributed by atoms with E-state index in [1.54, 1.807) is 13.8 Å². The summed E-state index contributed by atoms with van der Waals surface area (Å²) >= 11 is 0. The minimum absolute atomic E-state index is 0.00285. The first kappa shape index (κ1) is 44.3. The highest BCUT2D eigenvalue weighted by Gasteiger charge is 2.32. The fourth-order valence-corrected chi connectivity index (χ4v) is 7.20. The summed E-state index contributed by atoms with van der Waals surface area (Å²) in [6, 6.07) is 38.6. The molecular formula is C51H48N2O11. The number of benzene rings is 6. The van der Waals surface area contributed by atoms with E-state index >= 15 is 0 Å². The van der Waals surface area contributed by atoms with Crippen molar-refractivity contribution in [2.45, 2.75) is 19.8 Å². The number of carbonyl (C=O) groups excluding carboxylic acids is 4. The van der Waals surface area contributed by atoms with Gasteiger partial charge in [-0.1, -0.05) is 92.0 Å². The van der Waals surface area contributed by atoms with E-state index in [4.69, 9.17) is 33.2 Å². The van der Waals surface area contributed by atoms with Crippen molar-refractivity contribution in [1.29, 1.82) is 0 Å². The van der Waals surface area contributed by atoms with Crippen LogP contribution in [0.4, 0.5) is 9.59 Å². The van der Waals surface area contributed by atoms with Crippen LogP contribution in [0.3, 0.4) is 0 Å². The molecule has 0 fully saturated rings. The predicted molar refractivity (Wildman–Crippen MR) is 242 cm³/mol. The van der Waals surface area contributed by atoms with E-state index in [1.165, 1.54) is 0 Å². The molecule has 0 saturated heterocycles. The lowest BCUT2D eigenvalue weighted by molar-refractivity contribution is -0.139. The van der Waals surface area contributed by atoms with Gasteiger partial charge in [-0.25, -0.2) is 19.2 Å². The van der Waals surface area contributed by atoms with Gasteiger partial charge in [0.25, 0.3) is 0 Å². The van der Waals surface area contributed by atoms with Crippen LogP contribution in [0.5, 0.6) is 23.0 Å². The molecule has 0 unspecified atom stereocenters. The SMILES string of the molecule is C=C(C)C(=O)OCCNC(=O)OCCOc1ccc2c3c(ccc2c1)Oc1ccc2cc(OCCOC(=O)NCCOC(=O)C(=C)C)ccc2c1C3c1ccc(-c2ccccc2)cc1. The van der Waals surface area contributed by atoms with E-state index in [0.717, 1.165) is 60.9 Å². The lowest BCUT2D eigenvalue weighted by Crippen LogP contribution is -2.29. The molecule has 7 rings (SSSR count). The smallest absolute Gasteiger partial charge is 0.407 e. The van der Waals surface area contributed by atoms with Gasteiger partial charge in [-0.05, 0) is 88.5 Å². The van der Waals surface area contributed by atoms with Gasteiger partial charge in [-0.15, -0.1) is 0 Å². The van der Waals surface area contributed by atoms with Gasteiger partial charge in [0.05, 0.1) is 13.1 Å². The number of carbonyl (C=O) groups is 4. The third-order valence-electron chi connectivity index (χ3n) is 10.2. The van der Waals surface area contributed by atoms with Crippen LogP contribution < -0.4 is 24.8 Å². The second-order valence-corrected chi connectivity index (χ2v) is 14.9. The summed E-state index contributed by atoms with van der Waals surface area (Å²) in [7, 11) is 0. The molecule has 328 valence electrons. The van der Waals surface area contributed by atoms with Crippen molar-refractivity contribution < 1.29 is 52.3 Å². The van der Waals surface area contributed by atoms with Crippen LogP contribution in [0, 0.1) is 0 Å². The zero-order valence-corrected chi connectivity index (χ0v) is 35.6. The van der Waals surface area contributed by atoms with Gasteiger partial charge >= 0.3 is 24.1 Å². The molecule has 0 bridgehead atoms. The van der Waals surface area contributed by atoms with Crippen LogP contribution in [-0.2, 0) is 28.5 Å². The van der Waals surface area contributed by atoms with E-state index in [2.05, 4.69) is 60.2 Å². The average molecular weight is 865 g/mol. The topological polar surface area (TPSA) is 157 Å². The monoisotopic (exact) mass is 864 g/mol. The zero-order valence-electron chi connectivity index (χ0n) is 35.6. The van der Waals surface area contributed by atoms with Crippen molar-refractivity contribution in [1.82, 2.24) is 10.6 Å². The normalized spacial score (nSPS) is 11.6. The summed E-state index contributed by atoms with van der Waals surface area (Å²) in [6.07, 6.45) is -1.30. The van der Waals surface area contributed by atoms with Crippen LogP contribution in [0.15, 0.2) is 140 Å². The summed E-state index contributed by atoms with van der Waals surface area (Å²) in [5.41, 5.74) is 5.89. The van der Waals surface area contributed by atoms with Gasteiger partial charge in [0.15, 0.2) is 0 Å². The number of nitrogens with one attached hydrogen (secondary N) is 2. The van der Waals surface area contributed by atoms with Gasteiger partial charge in [0, 0.05) is 28.2 Å². The second-order valence-electron chi connectivity index (χ2n) is 14.9. The summed E-state index contributed by atoms with van der Waals surface area (Å²) in [4.78, 5) is 47.2. The Hall–Kier alpha value is -7.80. The molecule has 0 saturated carbocycles. The molecule has 64 heavy (non-hydrogen) atoms. The number of fused-ring (bicyclic) bond motifs is 6. The number of esters is 2. The number of rotatable bonds is 18. The van der Waals surface area contributed by atoms with Crippen molar-refractivity contribution in [3.63, 3.8) is 0 Å². The maximum absolute atomic E-state index is 12.1. The Morgan fingerprint density at radius 3 is 1.47 bits per heavy atom. The van der Waals surface area contributed by atoms with Crippen molar-refractivity contribution in [3.05, 3.63) is 156 Å². The first-order valence-electron chi connectivity index (χ1n) is 20.7. The third-order valence-corrected chi connectivity index (χ3v) is 10.2. The molecule has 0 spiro atoms. The molecule has 0 aliphatic carbocycles. The van der Waals surface area contributed by atoms with Gasteiger partial charge < -0.3 is 43.8 Å². The van der Waals surface area contributed by atoms with Crippen molar-refractivity contribution >= 4 is 45.7 Å². The molecular weight excluding hydrogens is 817 g/mol. The lowest BCUT2D eigenvalue weighted by atomic mass is 9.78. The van der Waals surface area contributed by atoms with Crippen molar-refractivity contribution in [2.24, 2.45) is 0 Å². The fourth-order valence-electron chi connectivity index (χ4n) is 7.20. The van der Waals surface area contributed by atoms with E-state index in [1.807, 2.05) is 78.9 Å². The molecule has 0 aromatic heterocycles. The molecule has 2 N–H and O–H groups in total. The summed E-state index contributed by atoms with van der Waals surface area (Å²) in [6.45, 7) is 10.6. The molecule has 1 aliphatic rings. The van der Waals surface area contributed by atoms with Gasteiger partial charge in [-0.2, -0.15) is 0 Å². The summed E-state index contributed by atoms with van der Waals surface area (Å²) < 4.78 is 39.1. The molecule has 0 radical (unpaired) electrons. The molecule has 13 heteroatoms. The van der Waals surface area contributed by atoms with Crippen LogP contribution in [0.25, 0.3) is 32.7 Å². The highest BCUT2D eigenvalue weighted by atomic mass is 16.6. The second kappa shape index (κ2) is 20.8. The Balaban J connectivity index is 1.07. The molecule has 2 amide bonds. The quantitative estimate of drug-likeness (QED) is 0.0367. The standard InChI is InChI=1S/C51H48N2O11/c1-32(2)48(54)60-24-22-52-50(56)62-28-26-58-39-16-18-41-37(30-39)14-20-43-46(41)45(36-12-10-35(11-13-36)34-8-6-5-7-9-34)47-42-19-17-40(31-38(42)15-21-44(47)64-43)59-27-29-63-51(57)53-23-25-61-49(55)33(3)4/h5-21,30-31,45H,1,3,22-29H2,2,4H3,(H,52,56)(H,53,57). The number of hydrogen-bond donors (Lipinski definition) is 2. The van der Waals surface area contributed by atoms with Crippen LogP contribution in [0.1, 0.15) is 36.5 Å². The minimum Gasteiger partial charge on any atom is -0.490 e. The maximum Gasteiger partial charge on any atom is 0.407 e. The fraction of sp³-hybridized carbons (Fsp3) is 0.216. The number of alkyl carbamates (subject to hydrolysis) is 2. The molecule has 6 aromatic rings. The van der Waals surface area contributed by atoms with Gasteiger partial charge in [0.1, 0.15) is 62.6 Å². The highest BCUT2D eigenvalue weighted by molar-refractivity contribution is 5.96. The predicted octanol–water partition coefficient (Wildman–Crippen LogP) is 9.39. The summed E-state index contributed by atoms with van der Waals surface area (Å²) in [5, 5.41) is 8.93. The highest BCUT2D eigenvalue weighted by Crippen LogP contribution is 2.52. The molecule has 1 heterocycles. The molecule has 0 atom stereocenters. The molecule has 1 aliphatic heterocycles. The van der Waals surface area contributed by atoms with Gasteiger partial charge in [-0.3, -0.25) is 0 Å². The first-order chi connectivity index (χ1) is 31.0. The van der Waals surface area contributed by atoms with Crippen molar-refractivity contribution in [2.75, 3.05) is 52.7 Å². The number of hydrogen-bond acceptors (Lipinski definition) is 11. The maximum atomic E-state index is 12.1. The minimum atomic E-state index is -0.648. The summed E-state index contributed by atoms with van der Waals surface area (Å²) in [5.74, 6) is 1.44. The zero-order chi connectivity index (χ0) is 45.0. The largest absolute Gasteiger partial charge is 0.490 e. The van der Waals surface area contributed by atoms with E-state index < -0.39 is 24.1 Å². The van der Waals surface area contributed by atoms with Crippen LogP contribution in [-0.4, -0.2) is 76.9 Å². The van der Waals surface area contributed by atoms with Crippen molar-refractivity contribution in [3.8, 4) is 34.1 Å². The Bertz CT molecular complexity index is 2550. The average Bonchev–Trinajstić information content (AvgIpc) is 3.31. The first-order valence-corrected chi connectivity index (χ1v) is 20.7. The Labute approximate surface area is 370 Å². The molecule has 6 aromatic carbocycles.